The number of hydrogen-bond donors (Lipinski definition) is 1. The van der Waals surface area contributed by atoms with Gasteiger partial charge in [0.15, 0.2) is 0 Å². The van der Waals surface area contributed by atoms with Crippen LogP contribution in [0.15, 0.2) is 0 Å². The number of aliphatic carboxylic acids is 1. The molecule has 1 unspecified atom stereocenters. The summed E-state index contributed by atoms with van der Waals surface area (Å²) in [5.41, 5.74) is 0. The third kappa shape index (κ3) is 3.37. The van der Waals surface area contributed by atoms with Crippen LogP contribution in [0.1, 0.15) is 13.3 Å². The van der Waals surface area contributed by atoms with Crippen molar-refractivity contribution in [1.29, 1.82) is 0 Å². The smallest absolute Gasteiger partial charge is 0.319 e. The lowest BCUT2D eigenvalue weighted by atomic mass is 10.2. The molecule has 6 nitrogen and oxygen atoms in total. The standard InChI is InChI=1S/C10H18N2O4/c1-3-11(2)10(15)12-4-5-16-8(7-12)6-9(13)14/h8H,3-7H2,1-2H3,(H,13,14). The van der Waals surface area contributed by atoms with Crippen LogP contribution in [0.2, 0.25) is 0 Å². The summed E-state index contributed by atoms with van der Waals surface area (Å²) in [6, 6.07) is -0.0683. The minimum Gasteiger partial charge on any atom is -0.481 e. The number of hydrogen-bond acceptors (Lipinski definition) is 3. The zero-order chi connectivity index (χ0) is 12.1. The zero-order valence-electron chi connectivity index (χ0n) is 9.68. The molecule has 1 rings (SSSR count). The van der Waals surface area contributed by atoms with E-state index in [2.05, 4.69) is 0 Å². The first-order chi connectivity index (χ1) is 7.54. The molecule has 1 atom stereocenters. The highest BCUT2D eigenvalue weighted by atomic mass is 16.5. The Balaban J connectivity index is 2.49. The van der Waals surface area contributed by atoms with Gasteiger partial charge in [-0.05, 0) is 6.92 Å². The van der Waals surface area contributed by atoms with Crippen molar-refractivity contribution in [2.45, 2.75) is 19.4 Å². The molecule has 0 spiro atoms. The van der Waals surface area contributed by atoms with E-state index in [-0.39, 0.29) is 18.6 Å². The highest BCUT2D eigenvalue weighted by Gasteiger charge is 2.27. The summed E-state index contributed by atoms with van der Waals surface area (Å²) in [5.74, 6) is -0.900. The number of carbonyl (C=O) groups is 2. The van der Waals surface area contributed by atoms with E-state index in [0.717, 1.165) is 0 Å². The molecule has 1 saturated heterocycles. The SMILES string of the molecule is CCN(C)C(=O)N1CCOC(CC(=O)O)C1. The molecule has 6 heteroatoms. The van der Waals surface area contributed by atoms with E-state index in [1.54, 1.807) is 16.8 Å². The summed E-state index contributed by atoms with van der Waals surface area (Å²) in [5, 5.41) is 8.65. The van der Waals surface area contributed by atoms with E-state index < -0.39 is 5.97 Å². The van der Waals surface area contributed by atoms with E-state index in [1.165, 1.54) is 0 Å². The van der Waals surface area contributed by atoms with Crippen molar-refractivity contribution in [3.63, 3.8) is 0 Å². The highest BCUT2D eigenvalue weighted by molar-refractivity contribution is 5.74. The fourth-order valence-corrected chi connectivity index (χ4v) is 1.59. The average molecular weight is 230 g/mol. The average Bonchev–Trinajstić information content (AvgIpc) is 2.26. The predicted octanol–water partition coefficient (Wildman–Crippen LogP) is 0.234. The molecule has 1 fully saturated rings. The maximum atomic E-state index is 11.8. The molecular formula is C10H18N2O4. The Morgan fingerprint density at radius 1 is 1.56 bits per heavy atom. The molecule has 2 amide bonds. The maximum Gasteiger partial charge on any atom is 0.319 e. The molecule has 1 heterocycles. The Labute approximate surface area is 94.8 Å². The van der Waals surface area contributed by atoms with Gasteiger partial charge in [0.25, 0.3) is 0 Å². The molecule has 0 aromatic heterocycles. The van der Waals surface area contributed by atoms with Crippen molar-refractivity contribution < 1.29 is 19.4 Å². The van der Waals surface area contributed by atoms with Crippen LogP contribution >= 0.6 is 0 Å². The zero-order valence-corrected chi connectivity index (χ0v) is 9.68. The number of urea groups is 1. The minimum atomic E-state index is -0.900. The van der Waals surface area contributed by atoms with E-state index in [0.29, 0.717) is 26.2 Å². The van der Waals surface area contributed by atoms with Gasteiger partial charge in [-0.2, -0.15) is 0 Å². The molecule has 16 heavy (non-hydrogen) atoms. The van der Waals surface area contributed by atoms with Crippen molar-refractivity contribution in [3.05, 3.63) is 0 Å². The number of nitrogens with zero attached hydrogens (tertiary/aromatic N) is 2. The topological polar surface area (TPSA) is 70.1 Å². The lowest BCUT2D eigenvalue weighted by Gasteiger charge is -2.34. The third-order valence-corrected chi connectivity index (χ3v) is 2.61. The number of morpholine rings is 1. The lowest BCUT2D eigenvalue weighted by Crippen LogP contribution is -2.50. The van der Waals surface area contributed by atoms with E-state index in [9.17, 15) is 9.59 Å². The molecule has 0 saturated carbocycles. The third-order valence-electron chi connectivity index (χ3n) is 2.61. The molecular weight excluding hydrogens is 212 g/mol. The van der Waals surface area contributed by atoms with E-state index >= 15 is 0 Å². The van der Waals surface area contributed by atoms with Crippen LogP contribution in [0.4, 0.5) is 4.79 Å². The van der Waals surface area contributed by atoms with Crippen molar-refractivity contribution in [2.24, 2.45) is 0 Å². The van der Waals surface area contributed by atoms with Crippen molar-refractivity contribution >= 4 is 12.0 Å². The fraction of sp³-hybridized carbons (Fsp3) is 0.800. The summed E-state index contributed by atoms with van der Waals surface area (Å²) in [6.07, 6.45) is -0.444. The molecule has 0 aromatic carbocycles. The van der Waals surface area contributed by atoms with Gasteiger partial charge in [0.1, 0.15) is 0 Å². The second kappa shape index (κ2) is 5.69. The second-order valence-electron chi connectivity index (χ2n) is 3.83. The van der Waals surface area contributed by atoms with Gasteiger partial charge in [0.2, 0.25) is 0 Å². The van der Waals surface area contributed by atoms with Crippen LogP contribution in [-0.2, 0) is 9.53 Å². The van der Waals surface area contributed by atoms with Gasteiger partial charge in [-0.25, -0.2) is 4.79 Å². The van der Waals surface area contributed by atoms with Crippen LogP contribution in [-0.4, -0.2) is 66.3 Å². The fourth-order valence-electron chi connectivity index (χ4n) is 1.59. The van der Waals surface area contributed by atoms with Gasteiger partial charge in [-0.15, -0.1) is 0 Å². The molecule has 0 aliphatic carbocycles. The van der Waals surface area contributed by atoms with Crippen LogP contribution in [0.25, 0.3) is 0 Å². The van der Waals surface area contributed by atoms with Gasteiger partial charge in [0, 0.05) is 26.7 Å². The Kier molecular flexibility index (Phi) is 4.54. The van der Waals surface area contributed by atoms with Crippen molar-refractivity contribution in [1.82, 2.24) is 9.80 Å². The first kappa shape index (κ1) is 12.8. The first-order valence-electron chi connectivity index (χ1n) is 5.38. The molecule has 1 N–H and O–H groups in total. The summed E-state index contributed by atoms with van der Waals surface area (Å²) in [7, 11) is 1.73. The van der Waals surface area contributed by atoms with Gasteiger partial charge < -0.3 is 19.6 Å². The van der Waals surface area contributed by atoms with Crippen LogP contribution in [0.3, 0.4) is 0 Å². The Morgan fingerprint density at radius 3 is 2.81 bits per heavy atom. The normalized spacial score (nSPS) is 20.6. The van der Waals surface area contributed by atoms with Gasteiger partial charge in [-0.1, -0.05) is 0 Å². The molecule has 92 valence electrons. The van der Waals surface area contributed by atoms with Crippen LogP contribution in [0.5, 0.6) is 0 Å². The van der Waals surface area contributed by atoms with Gasteiger partial charge in [0.05, 0.1) is 19.1 Å². The number of amides is 2. The second-order valence-corrected chi connectivity index (χ2v) is 3.83. The molecule has 0 bridgehead atoms. The summed E-state index contributed by atoms with van der Waals surface area (Å²) in [4.78, 5) is 25.6. The highest BCUT2D eigenvalue weighted by Crippen LogP contribution is 2.10. The van der Waals surface area contributed by atoms with Crippen molar-refractivity contribution in [2.75, 3.05) is 33.3 Å². The summed E-state index contributed by atoms with van der Waals surface area (Å²) >= 11 is 0. The Bertz CT molecular complexity index is 270. The lowest BCUT2D eigenvalue weighted by molar-refractivity contribution is -0.141. The molecule has 1 aliphatic heterocycles. The minimum absolute atomic E-state index is 0.0559. The number of ether oxygens (including phenoxy) is 1. The summed E-state index contributed by atoms with van der Waals surface area (Å²) < 4.78 is 5.29. The van der Waals surface area contributed by atoms with Crippen molar-refractivity contribution in [3.8, 4) is 0 Å². The van der Waals surface area contributed by atoms with Crippen LogP contribution in [0, 0.1) is 0 Å². The molecule has 0 radical (unpaired) electrons. The van der Waals surface area contributed by atoms with Crippen LogP contribution < -0.4 is 0 Å². The van der Waals surface area contributed by atoms with Gasteiger partial charge >= 0.3 is 12.0 Å². The quantitative estimate of drug-likeness (QED) is 0.753. The number of carbonyl (C=O) groups excluding carboxylic acids is 1. The number of carboxylic acids is 1. The molecule has 1 aliphatic rings. The maximum absolute atomic E-state index is 11.8. The van der Waals surface area contributed by atoms with E-state index in [1.807, 2.05) is 6.92 Å². The summed E-state index contributed by atoms with van der Waals surface area (Å²) in [6.45, 7) is 3.82. The van der Waals surface area contributed by atoms with E-state index in [4.69, 9.17) is 9.84 Å². The Morgan fingerprint density at radius 2 is 2.25 bits per heavy atom. The first-order valence-corrected chi connectivity index (χ1v) is 5.38. The molecule has 0 aromatic rings. The number of rotatable bonds is 3. The largest absolute Gasteiger partial charge is 0.481 e. The number of carboxylic acid groups (broad SMARTS) is 1. The van der Waals surface area contributed by atoms with Gasteiger partial charge in [-0.3, -0.25) is 4.79 Å². The predicted molar refractivity (Wildman–Crippen MR) is 57.3 cm³/mol. The Hall–Kier alpha value is -1.30. The monoisotopic (exact) mass is 230 g/mol.